The van der Waals surface area contributed by atoms with Gasteiger partial charge >= 0.3 is 0 Å². The van der Waals surface area contributed by atoms with Gasteiger partial charge in [0.1, 0.15) is 0 Å². The minimum absolute atomic E-state index is 0.772. The summed E-state index contributed by atoms with van der Waals surface area (Å²) in [5, 5.41) is 0. The molecule has 0 fully saturated rings. The summed E-state index contributed by atoms with van der Waals surface area (Å²) in [6.45, 7) is 11.0. The second-order valence-electron chi connectivity index (χ2n) is 4.28. The maximum Gasteiger partial charge on any atom is 0.0494 e. The van der Waals surface area contributed by atoms with Crippen LogP contribution in [0.3, 0.4) is 0 Å². The van der Waals surface area contributed by atoms with E-state index in [1.807, 2.05) is 0 Å². The Morgan fingerprint density at radius 3 is 1.71 bits per heavy atom. The van der Waals surface area contributed by atoms with Gasteiger partial charge in [0.15, 0.2) is 0 Å². The molecular weight excluding hydrogens is 172 g/mol. The lowest BCUT2D eigenvalue weighted by atomic mass is 10.0. The van der Waals surface area contributed by atoms with Crippen LogP contribution in [-0.2, 0) is 4.74 Å². The highest BCUT2D eigenvalue weighted by Gasteiger charge is 2.07. The summed E-state index contributed by atoms with van der Waals surface area (Å²) < 4.78 is 5.78. The standard InChI is InChI=1S/C13H28O/c1-5-9-13(8-4)11-14-10-12(6-2)7-3/h12-13H,5-11H2,1-4H3. The fraction of sp³-hybridized carbons (Fsp3) is 1.00. The normalized spacial score (nSPS) is 13.5. The lowest BCUT2D eigenvalue weighted by molar-refractivity contribution is 0.0652. The second-order valence-corrected chi connectivity index (χ2v) is 4.28. The molecule has 0 saturated heterocycles. The molecule has 1 heteroatoms. The van der Waals surface area contributed by atoms with E-state index in [1.54, 1.807) is 0 Å². The van der Waals surface area contributed by atoms with Crippen molar-refractivity contribution in [1.29, 1.82) is 0 Å². The van der Waals surface area contributed by atoms with E-state index in [4.69, 9.17) is 4.74 Å². The van der Waals surface area contributed by atoms with Crippen molar-refractivity contribution >= 4 is 0 Å². The minimum Gasteiger partial charge on any atom is -0.381 e. The van der Waals surface area contributed by atoms with E-state index in [1.165, 1.54) is 32.1 Å². The molecule has 0 N–H and O–H groups in total. The first-order chi connectivity index (χ1) is 6.78. The SMILES string of the molecule is CCCC(CC)COCC(CC)CC. The predicted molar refractivity (Wildman–Crippen MR) is 63.6 cm³/mol. The smallest absolute Gasteiger partial charge is 0.0494 e. The second kappa shape index (κ2) is 9.51. The molecule has 0 amide bonds. The summed E-state index contributed by atoms with van der Waals surface area (Å²) in [7, 11) is 0. The first kappa shape index (κ1) is 14.0. The van der Waals surface area contributed by atoms with Crippen LogP contribution >= 0.6 is 0 Å². The third kappa shape index (κ3) is 6.42. The Morgan fingerprint density at radius 2 is 1.29 bits per heavy atom. The van der Waals surface area contributed by atoms with Crippen LogP contribution in [0.15, 0.2) is 0 Å². The highest BCUT2D eigenvalue weighted by molar-refractivity contribution is 4.57. The zero-order valence-corrected chi connectivity index (χ0v) is 10.5. The maximum atomic E-state index is 5.78. The van der Waals surface area contributed by atoms with Crippen LogP contribution in [0.25, 0.3) is 0 Å². The molecule has 86 valence electrons. The third-order valence-corrected chi connectivity index (χ3v) is 3.14. The molecule has 1 atom stereocenters. The summed E-state index contributed by atoms with van der Waals surface area (Å²) in [6, 6.07) is 0. The first-order valence-corrected chi connectivity index (χ1v) is 6.36. The molecule has 0 rings (SSSR count). The largest absolute Gasteiger partial charge is 0.381 e. The number of hydrogen-bond donors (Lipinski definition) is 0. The zero-order chi connectivity index (χ0) is 10.8. The van der Waals surface area contributed by atoms with Gasteiger partial charge in [-0.2, -0.15) is 0 Å². The summed E-state index contributed by atoms with van der Waals surface area (Å²) >= 11 is 0. The van der Waals surface area contributed by atoms with E-state index in [9.17, 15) is 0 Å². The molecule has 1 unspecified atom stereocenters. The molecule has 14 heavy (non-hydrogen) atoms. The Balaban J connectivity index is 3.48. The van der Waals surface area contributed by atoms with E-state index >= 15 is 0 Å². The maximum absolute atomic E-state index is 5.78. The van der Waals surface area contributed by atoms with Gasteiger partial charge in [-0.1, -0.05) is 53.4 Å². The van der Waals surface area contributed by atoms with E-state index < -0.39 is 0 Å². The quantitative estimate of drug-likeness (QED) is 0.540. The minimum atomic E-state index is 0.772. The molecule has 0 aromatic heterocycles. The van der Waals surface area contributed by atoms with Gasteiger partial charge in [-0.25, -0.2) is 0 Å². The van der Waals surface area contributed by atoms with Gasteiger partial charge in [-0.15, -0.1) is 0 Å². The van der Waals surface area contributed by atoms with E-state index in [0.717, 1.165) is 25.0 Å². The monoisotopic (exact) mass is 200 g/mol. The number of rotatable bonds is 9. The van der Waals surface area contributed by atoms with Crippen LogP contribution in [0, 0.1) is 11.8 Å². The first-order valence-electron chi connectivity index (χ1n) is 6.36. The van der Waals surface area contributed by atoms with E-state index in [2.05, 4.69) is 27.7 Å². The summed E-state index contributed by atoms with van der Waals surface area (Å²) in [6.07, 6.45) is 6.37. The molecule has 0 aliphatic rings. The molecule has 0 heterocycles. The van der Waals surface area contributed by atoms with Crippen molar-refractivity contribution in [3.63, 3.8) is 0 Å². The average Bonchev–Trinajstić information content (AvgIpc) is 2.23. The number of ether oxygens (including phenoxy) is 1. The summed E-state index contributed by atoms with van der Waals surface area (Å²) in [5.41, 5.74) is 0. The molecule has 0 aliphatic carbocycles. The van der Waals surface area contributed by atoms with Gasteiger partial charge in [0.2, 0.25) is 0 Å². The molecule has 0 aliphatic heterocycles. The molecule has 1 nitrogen and oxygen atoms in total. The average molecular weight is 200 g/mol. The van der Waals surface area contributed by atoms with Gasteiger partial charge in [0.25, 0.3) is 0 Å². The highest BCUT2D eigenvalue weighted by atomic mass is 16.5. The van der Waals surface area contributed by atoms with Crippen LogP contribution in [0.1, 0.15) is 59.8 Å². The summed E-state index contributed by atoms with van der Waals surface area (Å²) in [4.78, 5) is 0. The predicted octanol–water partition coefficient (Wildman–Crippen LogP) is 4.27. The highest BCUT2D eigenvalue weighted by Crippen LogP contribution is 2.13. The van der Waals surface area contributed by atoms with Gasteiger partial charge in [0, 0.05) is 13.2 Å². The van der Waals surface area contributed by atoms with Gasteiger partial charge in [-0.05, 0) is 18.3 Å². The van der Waals surface area contributed by atoms with Crippen LogP contribution in [-0.4, -0.2) is 13.2 Å². The molecule has 0 spiro atoms. The van der Waals surface area contributed by atoms with Crippen LogP contribution < -0.4 is 0 Å². The van der Waals surface area contributed by atoms with Crippen molar-refractivity contribution in [2.75, 3.05) is 13.2 Å². The van der Waals surface area contributed by atoms with E-state index in [0.29, 0.717) is 0 Å². The number of hydrogen-bond acceptors (Lipinski definition) is 1. The van der Waals surface area contributed by atoms with E-state index in [-0.39, 0.29) is 0 Å². The van der Waals surface area contributed by atoms with Crippen molar-refractivity contribution < 1.29 is 4.74 Å². The Hall–Kier alpha value is -0.0400. The Bertz CT molecular complexity index is 108. The van der Waals surface area contributed by atoms with Crippen molar-refractivity contribution in [3.8, 4) is 0 Å². The van der Waals surface area contributed by atoms with Crippen molar-refractivity contribution in [2.45, 2.75) is 59.8 Å². The van der Waals surface area contributed by atoms with Crippen molar-refractivity contribution in [2.24, 2.45) is 11.8 Å². The Kier molecular flexibility index (Phi) is 9.49. The lowest BCUT2D eigenvalue weighted by Gasteiger charge is -2.17. The van der Waals surface area contributed by atoms with Crippen LogP contribution in [0.2, 0.25) is 0 Å². The van der Waals surface area contributed by atoms with Gasteiger partial charge in [-0.3, -0.25) is 0 Å². The fourth-order valence-corrected chi connectivity index (χ4v) is 1.74. The Labute approximate surface area is 90.2 Å². The Morgan fingerprint density at radius 1 is 0.786 bits per heavy atom. The lowest BCUT2D eigenvalue weighted by Crippen LogP contribution is -2.14. The summed E-state index contributed by atoms with van der Waals surface area (Å²) in [5.74, 6) is 1.56. The fourth-order valence-electron chi connectivity index (χ4n) is 1.74. The van der Waals surface area contributed by atoms with Gasteiger partial charge < -0.3 is 4.74 Å². The van der Waals surface area contributed by atoms with Crippen LogP contribution in [0.5, 0.6) is 0 Å². The van der Waals surface area contributed by atoms with Gasteiger partial charge in [0.05, 0.1) is 0 Å². The molecule has 0 radical (unpaired) electrons. The zero-order valence-electron chi connectivity index (χ0n) is 10.5. The molecule has 0 saturated carbocycles. The molecule has 0 bridgehead atoms. The van der Waals surface area contributed by atoms with Crippen molar-refractivity contribution in [3.05, 3.63) is 0 Å². The van der Waals surface area contributed by atoms with Crippen LogP contribution in [0.4, 0.5) is 0 Å². The molecule has 0 aromatic carbocycles. The third-order valence-electron chi connectivity index (χ3n) is 3.14. The topological polar surface area (TPSA) is 9.23 Å². The molecule has 0 aromatic rings. The van der Waals surface area contributed by atoms with Crippen molar-refractivity contribution in [1.82, 2.24) is 0 Å². The molecular formula is C13H28O.